The first-order chi connectivity index (χ1) is 4.63. The Bertz CT molecular complexity index is 161. The molecule has 3 nitrogen and oxygen atoms in total. The monoisotopic (exact) mass is 143 g/mol. The van der Waals surface area contributed by atoms with Gasteiger partial charge in [-0.25, -0.2) is 4.79 Å². The second-order valence-corrected chi connectivity index (χ2v) is 2.02. The van der Waals surface area contributed by atoms with E-state index in [0.717, 1.165) is 0 Å². The second kappa shape index (κ2) is 3.93. The number of aliphatic carboxylic acids is 1. The Morgan fingerprint density at radius 2 is 1.90 bits per heavy atom. The summed E-state index contributed by atoms with van der Waals surface area (Å²) >= 11 is 0. The maximum Gasteiger partial charge on any atom is 0.333 e. The zero-order chi connectivity index (χ0) is 8.15. The highest BCUT2D eigenvalue weighted by atomic mass is 16.4. The summed E-state index contributed by atoms with van der Waals surface area (Å²) in [4.78, 5) is 10.4. The number of allylic oxidation sites excluding steroid dienone is 1. The molecule has 0 unspecified atom stereocenters. The van der Waals surface area contributed by atoms with Crippen LogP contribution in [0.2, 0.25) is 0 Å². The van der Waals surface area contributed by atoms with Crippen molar-refractivity contribution in [1.82, 2.24) is 0 Å². The van der Waals surface area contributed by atoms with Crippen LogP contribution in [0.15, 0.2) is 11.3 Å². The molecule has 0 aromatic heterocycles. The van der Waals surface area contributed by atoms with Gasteiger partial charge in [0.1, 0.15) is 0 Å². The fraction of sp³-hybridized carbons (Fsp3) is 0.571. The third-order valence-electron chi connectivity index (χ3n) is 1.38. The average molecular weight is 143 g/mol. The Morgan fingerprint density at radius 3 is 2.00 bits per heavy atom. The van der Waals surface area contributed by atoms with Gasteiger partial charge in [0.05, 0.1) is 5.57 Å². The van der Waals surface area contributed by atoms with Crippen LogP contribution in [0.4, 0.5) is 0 Å². The van der Waals surface area contributed by atoms with Gasteiger partial charge >= 0.3 is 5.97 Å². The minimum absolute atomic E-state index is 0.336. The summed E-state index contributed by atoms with van der Waals surface area (Å²) in [6.07, 6.45) is 1.10. The van der Waals surface area contributed by atoms with Gasteiger partial charge < -0.3 is 10.8 Å². The van der Waals surface area contributed by atoms with Gasteiger partial charge in [0, 0.05) is 5.70 Å². The maximum absolute atomic E-state index is 10.4. The lowest BCUT2D eigenvalue weighted by atomic mass is 10.1. The Hall–Kier alpha value is -0.990. The van der Waals surface area contributed by atoms with E-state index < -0.39 is 5.97 Å². The number of carboxylic acid groups (broad SMARTS) is 1. The van der Waals surface area contributed by atoms with Crippen LogP contribution in [0, 0.1) is 0 Å². The van der Waals surface area contributed by atoms with E-state index in [9.17, 15) is 4.79 Å². The molecular formula is C7H13NO2. The van der Waals surface area contributed by atoms with Gasteiger partial charge in [-0.3, -0.25) is 0 Å². The van der Waals surface area contributed by atoms with Crippen molar-refractivity contribution in [3.05, 3.63) is 11.3 Å². The number of carboxylic acids is 1. The molecule has 10 heavy (non-hydrogen) atoms. The van der Waals surface area contributed by atoms with Gasteiger partial charge in [0.25, 0.3) is 0 Å². The lowest BCUT2D eigenvalue weighted by Gasteiger charge is -2.01. The topological polar surface area (TPSA) is 63.3 Å². The molecule has 0 fully saturated rings. The molecule has 0 saturated carbocycles. The summed E-state index contributed by atoms with van der Waals surface area (Å²) < 4.78 is 0. The van der Waals surface area contributed by atoms with Gasteiger partial charge in [-0.2, -0.15) is 0 Å². The molecule has 0 aliphatic heterocycles. The standard InChI is InChI=1S/C7H13NO2/c1-3-5(7(9)10)6(8)4-2/h3-4,8H2,1-2H3,(H,9,10)/b6-5-. The molecule has 0 aromatic carbocycles. The molecule has 0 aliphatic rings. The predicted molar refractivity (Wildman–Crippen MR) is 39.4 cm³/mol. The van der Waals surface area contributed by atoms with Crippen LogP contribution in [0.25, 0.3) is 0 Å². The highest BCUT2D eigenvalue weighted by Crippen LogP contribution is 2.06. The normalized spacial score (nSPS) is 12.6. The van der Waals surface area contributed by atoms with E-state index in [-0.39, 0.29) is 0 Å². The van der Waals surface area contributed by atoms with Crippen molar-refractivity contribution in [2.24, 2.45) is 5.73 Å². The SMILES string of the molecule is CC/C(N)=C(\CC)C(=O)O. The van der Waals surface area contributed by atoms with Gasteiger partial charge in [0.15, 0.2) is 0 Å². The average Bonchev–Trinajstić information content (AvgIpc) is 1.88. The van der Waals surface area contributed by atoms with Gasteiger partial charge in [-0.05, 0) is 12.8 Å². The van der Waals surface area contributed by atoms with E-state index in [4.69, 9.17) is 10.8 Å². The highest BCUT2D eigenvalue weighted by Gasteiger charge is 2.07. The number of hydrogen-bond donors (Lipinski definition) is 2. The molecule has 0 saturated heterocycles. The van der Waals surface area contributed by atoms with Crippen molar-refractivity contribution in [2.75, 3.05) is 0 Å². The first kappa shape index (κ1) is 9.01. The third kappa shape index (κ3) is 2.09. The molecule has 0 aliphatic carbocycles. The van der Waals surface area contributed by atoms with Crippen LogP contribution in [-0.4, -0.2) is 11.1 Å². The van der Waals surface area contributed by atoms with Crippen molar-refractivity contribution in [3.8, 4) is 0 Å². The maximum atomic E-state index is 10.4. The highest BCUT2D eigenvalue weighted by molar-refractivity contribution is 5.87. The Labute approximate surface area is 60.5 Å². The fourth-order valence-corrected chi connectivity index (χ4v) is 0.729. The van der Waals surface area contributed by atoms with E-state index in [0.29, 0.717) is 24.1 Å². The second-order valence-electron chi connectivity index (χ2n) is 2.02. The molecular weight excluding hydrogens is 130 g/mol. The predicted octanol–water partition coefficient (Wildman–Crippen LogP) is 1.10. The minimum Gasteiger partial charge on any atom is -0.478 e. The molecule has 0 atom stereocenters. The molecule has 0 amide bonds. The van der Waals surface area contributed by atoms with Crippen molar-refractivity contribution in [2.45, 2.75) is 26.7 Å². The third-order valence-corrected chi connectivity index (χ3v) is 1.38. The zero-order valence-corrected chi connectivity index (χ0v) is 6.35. The van der Waals surface area contributed by atoms with Crippen LogP contribution in [0.3, 0.4) is 0 Å². The molecule has 0 bridgehead atoms. The summed E-state index contributed by atoms with van der Waals surface area (Å²) in [6, 6.07) is 0. The first-order valence-electron chi connectivity index (χ1n) is 3.34. The Balaban J connectivity index is 4.45. The van der Waals surface area contributed by atoms with Crippen LogP contribution in [0.1, 0.15) is 26.7 Å². The fourth-order valence-electron chi connectivity index (χ4n) is 0.729. The van der Waals surface area contributed by atoms with E-state index in [2.05, 4.69) is 0 Å². The van der Waals surface area contributed by atoms with E-state index in [1.54, 1.807) is 6.92 Å². The molecule has 0 rings (SSSR count). The van der Waals surface area contributed by atoms with Crippen LogP contribution >= 0.6 is 0 Å². The van der Waals surface area contributed by atoms with Gasteiger partial charge in [-0.1, -0.05) is 13.8 Å². The number of nitrogens with two attached hydrogens (primary N) is 1. The molecule has 3 N–H and O–H groups in total. The summed E-state index contributed by atoms with van der Waals surface area (Å²) in [7, 11) is 0. The lowest BCUT2D eigenvalue weighted by molar-refractivity contribution is -0.132. The molecule has 0 heterocycles. The van der Waals surface area contributed by atoms with Crippen LogP contribution in [-0.2, 0) is 4.79 Å². The minimum atomic E-state index is -0.901. The first-order valence-corrected chi connectivity index (χ1v) is 3.34. The molecule has 3 heteroatoms. The molecule has 0 aromatic rings. The Kier molecular flexibility index (Phi) is 3.54. The summed E-state index contributed by atoms with van der Waals surface area (Å²) in [5.41, 5.74) is 6.24. The van der Waals surface area contributed by atoms with E-state index in [1.165, 1.54) is 0 Å². The molecule has 0 radical (unpaired) electrons. The zero-order valence-electron chi connectivity index (χ0n) is 6.35. The van der Waals surface area contributed by atoms with Crippen molar-refractivity contribution in [3.63, 3.8) is 0 Å². The largest absolute Gasteiger partial charge is 0.478 e. The number of rotatable bonds is 3. The van der Waals surface area contributed by atoms with Gasteiger partial charge in [0.2, 0.25) is 0 Å². The lowest BCUT2D eigenvalue weighted by Crippen LogP contribution is -2.08. The number of hydrogen-bond acceptors (Lipinski definition) is 2. The number of carbonyl (C=O) groups is 1. The Morgan fingerprint density at radius 1 is 1.40 bits per heavy atom. The summed E-state index contributed by atoms with van der Waals surface area (Å²) in [5, 5.41) is 8.54. The van der Waals surface area contributed by atoms with Crippen LogP contribution in [0.5, 0.6) is 0 Å². The van der Waals surface area contributed by atoms with Crippen molar-refractivity contribution in [1.29, 1.82) is 0 Å². The van der Waals surface area contributed by atoms with E-state index >= 15 is 0 Å². The molecule has 0 spiro atoms. The van der Waals surface area contributed by atoms with Crippen molar-refractivity contribution >= 4 is 5.97 Å². The summed E-state index contributed by atoms with van der Waals surface area (Å²) in [5.74, 6) is -0.901. The molecule has 58 valence electrons. The van der Waals surface area contributed by atoms with Crippen LogP contribution < -0.4 is 5.73 Å². The quantitative estimate of drug-likeness (QED) is 0.581. The smallest absolute Gasteiger partial charge is 0.333 e. The van der Waals surface area contributed by atoms with Crippen molar-refractivity contribution < 1.29 is 9.90 Å². The summed E-state index contributed by atoms with van der Waals surface area (Å²) in [6.45, 7) is 3.62. The van der Waals surface area contributed by atoms with E-state index in [1.807, 2.05) is 6.92 Å². The van der Waals surface area contributed by atoms with Gasteiger partial charge in [-0.15, -0.1) is 0 Å².